The third-order valence-corrected chi connectivity index (χ3v) is 13.8. The predicted molar refractivity (Wildman–Crippen MR) is 294 cm³/mol. The van der Waals surface area contributed by atoms with Crippen LogP contribution in [-0.4, -0.2) is 4.57 Å². The second-order valence-electron chi connectivity index (χ2n) is 17.7. The van der Waals surface area contributed by atoms with Crippen molar-refractivity contribution in [3.8, 4) is 27.9 Å². The third-order valence-electron chi connectivity index (χ3n) is 13.8. The molecule has 0 spiro atoms. The average Bonchev–Trinajstić information content (AvgIpc) is 3.97. The molecule has 3 heteroatoms. The minimum absolute atomic E-state index is 0.879. The van der Waals surface area contributed by atoms with Crippen molar-refractivity contribution in [3.05, 3.63) is 260 Å². The first-order valence-electron chi connectivity index (χ1n) is 23.5. The summed E-state index contributed by atoms with van der Waals surface area (Å²) in [6, 6.07) is 85.1. The van der Waals surface area contributed by atoms with Gasteiger partial charge in [0.1, 0.15) is 11.2 Å². The first kappa shape index (κ1) is 40.1. The van der Waals surface area contributed by atoms with E-state index in [2.05, 4.69) is 265 Å². The van der Waals surface area contributed by atoms with Crippen LogP contribution in [0.5, 0.6) is 0 Å². The molecule has 324 valence electrons. The van der Waals surface area contributed by atoms with Gasteiger partial charge in [-0.05, 0) is 122 Å². The van der Waals surface area contributed by atoms with E-state index >= 15 is 0 Å². The lowest BCUT2D eigenvalue weighted by Crippen LogP contribution is -2.11. The van der Waals surface area contributed by atoms with Gasteiger partial charge in [-0.1, -0.05) is 189 Å². The molecule has 2 aromatic heterocycles. The van der Waals surface area contributed by atoms with Gasteiger partial charge in [0, 0.05) is 49.6 Å². The largest absolute Gasteiger partial charge is 0.455 e. The molecule has 0 unspecified atom stereocenters. The molecule has 13 rings (SSSR count). The third kappa shape index (κ3) is 6.91. The number of hydrogen-bond donors (Lipinski definition) is 0. The average molecular weight is 881 g/mol. The van der Waals surface area contributed by atoms with Crippen molar-refractivity contribution in [2.75, 3.05) is 4.90 Å². The number of fused-ring (bicyclic) bond motifs is 9. The molecule has 69 heavy (non-hydrogen) atoms. The summed E-state index contributed by atoms with van der Waals surface area (Å²) in [5.41, 5.74) is 16.4. The van der Waals surface area contributed by atoms with Crippen molar-refractivity contribution in [2.24, 2.45) is 0 Å². The van der Waals surface area contributed by atoms with Gasteiger partial charge in [-0.2, -0.15) is 0 Å². The van der Waals surface area contributed by atoms with Gasteiger partial charge < -0.3 is 13.9 Å². The monoisotopic (exact) mass is 880 g/mol. The molecule has 0 N–H and O–H groups in total. The number of furan rings is 1. The zero-order valence-corrected chi connectivity index (χ0v) is 37.8. The highest BCUT2D eigenvalue weighted by Gasteiger charge is 2.20. The van der Waals surface area contributed by atoms with Crippen molar-refractivity contribution in [1.29, 1.82) is 0 Å². The molecule has 0 saturated carbocycles. The lowest BCUT2D eigenvalue weighted by molar-refractivity contribution is 0.672. The van der Waals surface area contributed by atoms with E-state index in [-0.39, 0.29) is 0 Å². The van der Waals surface area contributed by atoms with Gasteiger partial charge in [0.25, 0.3) is 0 Å². The van der Waals surface area contributed by atoms with Crippen LogP contribution in [0.1, 0.15) is 16.7 Å². The van der Waals surface area contributed by atoms with Crippen LogP contribution in [0.15, 0.2) is 248 Å². The fraction of sp³-hybridized carbons (Fsp3) is 0. The molecule has 0 atom stereocenters. The summed E-state index contributed by atoms with van der Waals surface area (Å²) in [4.78, 5) is 2.38. The van der Waals surface area contributed by atoms with Crippen LogP contribution in [-0.2, 0) is 0 Å². The summed E-state index contributed by atoms with van der Waals surface area (Å²) >= 11 is 0. The van der Waals surface area contributed by atoms with Crippen molar-refractivity contribution in [3.63, 3.8) is 0 Å². The van der Waals surface area contributed by atoms with E-state index in [0.717, 1.165) is 89.0 Å². The summed E-state index contributed by atoms with van der Waals surface area (Å²) in [6.45, 7) is 4.16. The lowest BCUT2D eigenvalue weighted by atomic mass is 9.98. The van der Waals surface area contributed by atoms with Crippen molar-refractivity contribution < 1.29 is 4.42 Å². The Hall–Kier alpha value is -9.18. The maximum atomic E-state index is 6.56. The first-order chi connectivity index (χ1) is 34.2. The standard InChI is InChI=1S/C66H44N2O/c1-2-54-48(31-30-46-14-3-5-18-55(46)54)29-26-44-27-36-51(37-28-44)67(62-23-10-7-19-56(62)50-35-41-65-61(43-50)60-40-34-47-15-4-6-20-57(47)66(60)69-65)52-38-32-45(33-39-52)49-16-13-17-53(42-49)68-63-24-11-8-21-58(63)59-22-9-12-25-64(59)68/h2-43H,1H2/b29-26+. The van der Waals surface area contributed by atoms with Gasteiger partial charge in [-0.15, -0.1) is 0 Å². The van der Waals surface area contributed by atoms with Gasteiger partial charge in [0.2, 0.25) is 0 Å². The fourth-order valence-corrected chi connectivity index (χ4v) is 10.4. The Morgan fingerprint density at radius 3 is 1.80 bits per heavy atom. The van der Waals surface area contributed by atoms with Gasteiger partial charge >= 0.3 is 0 Å². The van der Waals surface area contributed by atoms with Crippen LogP contribution in [0.25, 0.3) is 111 Å². The van der Waals surface area contributed by atoms with E-state index in [4.69, 9.17) is 4.42 Å². The Morgan fingerprint density at radius 1 is 0.420 bits per heavy atom. The SMILES string of the molecule is C=Cc1c(/C=C/c2ccc(N(c3ccc(-c4cccc(-n5c6ccccc6c6ccccc65)c4)cc3)c3ccccc3-c3ccc4oc5c6ccccc6ccc5c4c3)cc2)ccc2ccccc12. The normalized spacial score (nSPS) is 11.8. The topological polar surface area (TPSA) is 21.3 Å². The molecule has 0 fully saturated rings. The number of hydrogen-bond acceptors (Lipinski definition) is 2. The molecule has 11 aromatic carbocycles. The summed E-state index contributed by atoms with van der Waals surface area (Å²) in [5.74, 6) is 0. The second kappa shape index (κ2) is 16.6. The van der Waals surface area contributed by atoms with Gasteiger partial charge in [0.15, 0.2) is 0 Å². The molecule has 0 saturated heterocycles. The Kier molecular flexibility index (Phi) is 9.66. The highest BCUT2D eigenvalue weighted by atomic mass is 16.3. The number of rotatable bonds is 9. The van der Waals surface area contributed by atoms with Crippen LogP contribution in [0, 0.1) is 0 Å². The zero-order chi connectivity index (χ0) is 45.8. The minimum atomic E-state index is 0.879. The molecule has 0 aliphatic carbocycles. The Bertz CT molecular complexity index is 4100. The van der Waals surface area contributed by atoms with Crippen LogP contribution in [0.3, 0.4) is 0 Å². The molecule has 0 aliphatic heterocycles. The predicted octanol–water partition coefficient (Wildman–Crippen LogP) is 18.6. The summed E-state index contributed by atoms with van der Waals surface area (Å²) < 4.78 is 8.94. The quantitative estimate of drug-likeness (QED) is 0.135. The van der Waals surface area contributed by atoms with Gasteiger partial charge in [-0.3, -0.25) is 0 Å². The Balaban J connectivity index is 0.907. The molecule has 13 aromatic rings. The fourth-order valence-electron chi connectivity index (χ4n) is 10.4. The lowest BCUT2D eigenvalue weighted by Gasteiger charge is -2.28. The zero-order valence-electron chi connectivity index (χ0n) is 37.8. The van der Waals surface area contributed by atoms with Crippen LogP contribution in [0.2, 0.25) is 0 Å². The molecule has 0 bridgehead atoms. The van der Waals surface area contributed by atoms with E-state index in [1.807, 2.05) is 6.08 Å². The first-order valence-corrected chi connectivity index (χ1v) is 23.5. The summed E-state index contributed by atoms with van der Waals surface area (Å²) in [5, 5.41) is 9.43. The van der Waals surface area contributed by atoms with E-state index in [0.29, 0.717) is 0 Å². The number of aromatic nitrogens is 1. The van der Waals surface area contributed by atoms with Crippen LogP contribution < -0.4 is 4.90 Å². The number of nitrogens with zero attached hydrogens (tertiary/aromatic N) is 2. The second-order valence-corrected chi connectivity index (χ2v) is 17.7. The molecule has 3 nitrogen and oxygen atoms in total. The molecular weight excluding hydrogens is 837 g/mol. The van der Waals surface area contributed by atoms with Gasteiger partial charge in [0.05, 0.1) is 16.7 Å². The van der Waals surface area contributed by atoms with Gasteiger partial charge in [-0.25, -0.2) is 0 Å². The highest BCUT2D eigenvalue weighted by molar-refractivity contribution is 6.16. The van der Waals surface area contributed by atoms with E-state index in [9.17, 15) is 0 Å². The van der Waals surface area contributed by atoms with Crippen molar-refractivity contribution >= 4 is 101 Å². The summed E-state index contributed by atoms with van der Waals surface area (Å²) in [7, 11) is 0. The maximum absolute atomic E-state index is 6.56. The smallest absolute Gasteiger partial charge is 0.143 e. The van der Waals surface area contributed by atoms with Crippen LogP contribution in [0.4, 0.5) is 17.1 Å². The molecule has 0 radical (unpaired) electrons. The van der Waals surface area contributed by atoms with E-state index < -0.39 is 0 Å². The Morgan fingerprint density at radius 2 is 1.04 bits per heavy atom. The number of anilines is 3. The van der Waals surface area contributed by atoms with Crippen molar-refractivity contribution in [2.45, 2.75) is 0 Å². The number of para-hydroxylation sites is 3. The summed E-state index contributed by atoms with van der Waals surface area (Å²) in [6.07, 6.45) is 6.34. The van der Waals surface area contributed by atoms with Crippen molar-refractivity contribution in [1.82, 2.24) is 4.57 Å². The minimum Gasteiger partial charge on any atom is -0.455 e. The van der Waals surface area contributed by atoms with Crippen LogP contribution >= 0.6 is 0 Å². The maximum Gasteiger partial charge on any atom is 0.143 e. The Labute approximate surface area is 400 Å². The highest BCUT2D eigenvalue weighted by Crippen LogP contribution is 2.44. The van der Waals surface area contributed by atoms with E-state index in [1.165, 1.54) is 38.0 Å². The van der Waals surface area contributed by atoms with E-state index in [1.54, 1.807) is 0 Å². The molecule has 0 aliphatic rings. The number of benzene rings is 11. The molecule has 0 amide bonds. The molecular formula is C66H44N2O. The molecule has 2 heterocycles.